The highest BCUT2D eigenvalue weighted by molar-refractivity contribution is 6.39. The van der Waals surface area contributed by atoms with Gasteiger partial charge in [0, 0.05) is 18.5 Å². The molecule has 0 aromatic carbocycles. The number of carbonyl (C=O) groups excluding carboxylic acids is 1. The first kappa shape index (κ1) is 8.12. The second-order valence-electron chi connectivity index (χ2n) is 2.94. The number of hydrogen-bond acceptors (Lipinski definition) is 4. The predicted molar refractivity (Wildman–Crippen MR) is 49.9 cm³/mol. The summed E-state index contributed by atoms with van der Waals surface area (Å²) in [6, 6.07) is -0.364. The fraction of sp³-hybridized carbons (Fsp3) is 0.375. The van der Waals surface area contributed by atoms with Gasteiger partial charge in [-0.3, -0.25) is 20.1 Å². The van der Waals surface area contributed by atoms with Crippen LogP contribution in [-0.4, -0.2) is 37.1 Å². The van der Waals surface area contributed by atoms with Gasteiger partial charge in [0.2, 0.25) is 5.91 Å². The van der Waals surface area contributed by atoms with Gasteiger partial charge in [-0.1, -0.05) is 6.58 Å². The van der Waals surface area contributed by atoms with E-state index in [1.165, 1.54) is 0 Å². The zero-order chi connectivity index (χ0) is 9.26. The van der Waals surface area contributed by atoms with Gasteiger partial charge in [0.05, 0.1) is 5.71 Å². The molecule has 0 aliphatic carbocycles. The molecule has 2 aliphatic heterocycles. The number of nitrogens with one attached hydrogen (secondary N) is 2. The molecule has 2 aliphatic rings. The molecule has 1 saturated heterocycles. The van der Waals surface area contributed by atoms with E-state index in [0.29, 0.717) is 24.6 Å². The summed E-state index contributed by atoms with van der Waals surface area (Å²) in [7, 11) is 0. The summed E-state index contributed by atoms with van der Waals surface area (Å²) >= 11 is 0. The highest BCUT2D eigenvalue weighted by Gasteiger charge is 2.27. The van der Waals surface area contributed by atoms with E-state index in [1.807, 2.05) is 0 Å². The summed E-state index contributed by atoms with van der Waals surface area (Å²) in [6.45, 7) is 4.68. The third-order valence-corrected chi connectivity index (χ3v) is 1.94. The molecule has 1 atom stereocenters. The molecule has 1 fully saturated rings. The summed E-state index contributed by atoms with van der Waals surface area (Å²) in [4.78, 5) is 19.4. The Morgan fingerprint density at radius 1 is 1.62 bits per heavy atom. The van der Waals surface area contributed by atoms with Gasteiger partial charge in [0.1, 0.15) is 12.7 Å². The lowest BCUT2D eigenvalue weighted by Gasteiger charge is -2.23. The Bertz CT molecular complexity index is 318. The van der Waals surface area contributed by atoms with Gasteiger partial charge in [-0.05, 0) is 0 Å². The molecule has 5 nitrogen and oxygen atoms in total. The Kier molecular flexibility index (Phi) is 1.94. The fourth-order valence-corrected chi connectivity index (χ4v) is 1.31. The molecule has 0 spiro atoms. The van der Waals surface area contributed by atoms with E-state index < -0.39 is 0 Å². The number of amides is 1. The molecule has 1 amide bonds. The van der Waals surface area contributed by atoms with Crippen molar-refractivity contribution in [2.24, 2.45) is 9.98 Å². The van der Waals surface area contributed by atoms with Crippen molar-refractivity contribution in [3.63, 3.8) is 0 Å². The predicted octanol–water partition coefficient (Wildman–Crippen LogP) is -0.929. The lowest BCUT2D eigenvalue weighted by atomic mass is 10.1. The minimum atomic E-state index is -0.364. The molecule has 0 bridgehead atoms. The Balaban J connectivity index is 2.12. The van der Waals surface area contributed by atoms with Crippen LogP contribution in [0.1, 0.15) is 0 Å². The van der Waals surface area contributed by atoms with Crippen molar-refractivity contribution in [3.8, 4) is 0 Å². The monoisotopic (exact) mass is 178 g/mol. The van der Waals surface area contributed by atoms with Crippen LogP contribution in [-0.2, 0) is 4.79 Å². The third-order valence-electron chi connectivity index (χ3n) is 1.94. The number of hydrogen-bond donors (Lipinski definition) is 2. The zero-order valence-corrected chi connectivity index (χ0v) is 7.08. The van der Waals surface area contributed by atoms with Crippen molar-refractivity contribution in [2.45, 2.75) is 6.04 Å². The first-order valence-electron chi connectivity index (χ1n) is 4.03. The summed E-state index contributed by atoms with van der Waals surface area (Å²) in [5, 5.41) is 5.69. The molecule has 0 radical (unpaired) electrons. The van der Waals surface area contributed by atoms with Gasteiger partial charge in [-0.25, -0.2) is 0 Å². The highest BCUT2D eigenvalue weighted by Crippen LogP contribution is 2.01. The minimum absolute atomic E-state index is 0.108. The molecule has 2 N–H and O–H groups in total. The molecular formula is C8H10N4O. The van der Waals surface area contributed by atoms with Gasteiger partial charge < -0.3 is 5.32 Å². The molecule has 0 saturated carbocycles. The molecule has 0 aromatic rings. The Morgan fingerprint density at radius 2 is 2.46 bits per heavy atom. The van der Waals surface area contributed by atoms with Crippen LogP contribution in [0.2, 0.25) is 0 Å². The fourth-order valence-electron chi connectivity index (χ4n) is 1.31. The molecule has 2 heterocycles. The van der Waals surface area contributed by atoms with Gasteiger partial charge in [0.25, 0.3) is 0 Å². The quantitative estimate of drug-likeness (QED) is 0.545. The van der Waals surface area contributed by atoms with E-state index >= 15 is 0 Å². The minimum Gasteiger partial charge on any atom is -0.327 e. The Morgan fingerprint density at radius 3 is 3.08 bits per heavy atom. The SMILES string of the molecule is C=C1CNC(C2=NCN=C2)C(=O)N1. The topological polar surface area (TPSA) is 65.8 Å². The summed E-state index contributed by atoms with van der Waals surface area (Å²) < 4.78 is 0. The van der Waals surface area contributed by atoms with Crippen LogP contribution in [0, 0.1) is 0 Å². The van der Waals surface area contributed by atoms with Crippen molar-refractivity contribution in [2.75, 3.05) is 13.2 Å². The maximum absolute atomic E-state index is 11.4. The third kappa shape index (κ3) is 1.50. The average molecular weight is 178 g/mol. The Labute approximate surface area is 75.6 Å². The standard InChI is InChI=1S/C8H10N4O/c1-5-2-10-7(8(13)12-5)6-3-9-4-11-6/h3,7,10H,1-2,4H2,(H,12,13). The molecule has 1 unspecified atom stereocenters. The van der Waals surface area contributed by atoms with Crippen molar-refractivity contribution in [1.82, 2.24) is 10.6 Å². The van der Waals surface area contributed by atoms with Crippen LogP contribution in [0.5, 0.6) is 0 Å². The van der Waals surface area contributed by atoms with Crippen LogP contribution in [0.4, 0.5) is 0 Å². The summed E-state index contributed by atoms with van der Waals surface area (Å²) in [6.07, 6.45) is 1.63. The highest BCUT2D eigenvalue weighted by atomic mass is 16.2. The first-order chi connectivity index (χ1) is 6.27. The second-order valence-corrected chi connectivity index (χ2v) is 2.94. The zero-order valence-electron chi connectivity index (χ0n) is 7.08. The van der Waals surface area contributed by atoms with Crippen LogP contribution in [0.25, 0.3) is 0 Å². The molecule has 0 aromatic heterocycles. The maximum atomic E-state index is 11.4. The second kappa shape index (κ2) is 3.10. The summed E-state index contributed by atoms with van der Waals surface area (Å²) in [5.41, 5.74) is 1.39. The van der Waals surface area contributed by atoms with E-state index in [1.54, 1.807) is 6.21 Å². The van der Waals surface area contributed by atoms with Crippen LogP contribution >= 0.6 is 0 Å². The van der Waals surface area contributed by atoms with E-state index in [2.05, 4.69) is 27.2 Å². The van der Waals surface area contributed by atoms with Crippen LogP contribution in [0.3, 0.4) is 0 Å². The number of piperazine rings is 1. The average Bonchev–Trinajstić information content (AvgIpc) is 2.56. The van der Waals surface area contributed by atoms with E-state index in [4.69, 9.17) is 0 Å². The number of aliphatic imine (C=N–C) groups is 2. The number of carbonyl (C=O) groups is 1. The van der Waals surface area contributed by atoms with Gasteiger partial charge in [-0.2, -0.15) is 0 Å². The lowest BCUT2D eigenvalue weighted by molar-refractivity contribution is -0.121. The van der Waals surface area contributed by atoms with Crippen molar-refractivity contribution >= 4 is 17.8 Å². The van der Waals surface area contributed by atoms with Gasteiger partial charge >= 0.3 is 0 Å². The number of nitrogens with zero attached hydrogens (tertiary/aromatic N) is 2. The van der Waals surface area contributed by atoms with Crippen molar-refractivity contribution < 1.29 is 4.79 Å². The van der Waals surface area contributed by atoms with E-state index in [9.17, 15) is 4.79 Å². The van der Waals surface area contributed by atoms with Gasteiger partial charge in [-0.15, -0.1) is 0 Å². The Hall–Kier alpha value is -1.49. The van der Waals surface area contributed by atoms with E-state index in [0.717, 1.165) is 0 Å². The molecule has 5 heteroatoms. The molecule has 2 rings (SSSR count). The largest absolute Gasteiger partial charge is 0.327 e. The number of rotatable bonds is 1. The molecule has 13 heavy (non-hydrogen) atoms. The van der Waals surface area contributed by atoms with Crippen molar-refractivity contribution in [1.29, 1.82) is 0 Å². The first-order valence-corrected chi connectivity index (χ1v) is 4.03. The smallest absolute Gasteiger partial charge is 0.247 e. The summed E-state index contributed by atoms with van der Waals surface area (Å²) in [5.74, 6) is -0.108. The van der Waals surface area contributed by atoms with Gasteiger partial charge in [0.15, 0.2) is 0 Å². The lowest BCUT2D eigenvalue weighted by Crippen LogP contribution is -2.55. The molecule has 68 valence electrons. The van der Waals surface area contributed by atoms with E-state index in [-0.39, 0.29) is 11.9 Å². The normalized spacial score (nSPS) is 27.4. The van der Waals surface area contributed by atoms with Crippen LogP contribution in [0.15, 0.2) is 22.3 Å². The maximum Gasteiger partial charge on any atom is 0.247 e. The molecular weight excluding hydrogens is 168 g/mol. The van der Waals surface area contributed by atoms with Crippen molar-refractivity contribution in [3.05, 3.63) is 12.3 Å². The van der Waals surface area contributed by atoms with Crippen LogP contribution < -0.4 is 10.6 Å².